The van der Waals surface area contributed by atoms with Crippen LogP contribution in [-0.4, -0.2) is 57.1 Å². The van der Waals surface area contributed by atoms with Crippen LogP contribution in [-0.2, 0) is 16.6 Å². The molecule has 4 N–H and O–H groups in total. The van der Waals surface area contributed by atoms with E-state index in [0.29, 0.717) is 6.54 Å². The summed E-state index contributed by atoms with van der Waals surface area (Å²) in [6.45, 7) is 6.15. The number of nitrogens with two attached hydrogens (primary N) is 1. The van der Waals surface area contributed by atoms with Crippen molar-refractivity contribution in [3.8, 4) is 5.75 Å². The molecule has 1 heterocycles. The number of hydrogen-bond acceptors (Lipinski definition) is 5. The van der Waals surface area contributed by atoms with Crippen LogP contribution >= 0.6 is 0 Å². The van der Waals surface area contributed by atoms with Crippen molar-refractivity contribution in [3.63, 3.8) is 0 Å². The van der Waals surface area contributed by atoms with Gasteiger partial charge in [0.15, 0.2) is 5.96 Å². The molecule has 0 aliphatic carbocycles. The molecule has 0 unspecified atom stereocenters. The minimum atomic E-state index is -3.73. The molecule has 0 saturated carbocycles. The van der Waals surface area contributed by atoms with E-state index < -0.39 is 10.0 Å². The van der Waals surface area contributed by atoms with Gasteiger partial charge in [-0.15, -0.1) is 0 Å². The predicted octanol–water partition coefficient (Wildman–Crippen LogP) is 1.33. The number of rotatable bonds is 5. The monoisotopic (exact) mass is 417 g/mol. The number of hydrogen-bond donors (Lipinski definition) is 3. The number of nitrogens with one attached hydrogen (secondary N) is 1. The van der Waals surface area contributed by atoms with E-state index in [0.717, 1.165) is 49.9 Å². The van der Waals surface area contributed by atoms with Gasteiger partial charge in [-0.3, -0.25) is 0 Å². The summed E-state index contributed by atoms with van der Waals surface area (Å²) in [5, 5.41) is 18.6. The average Bonchev–Trinajstić information content (AvgIpc) is 2.71. The Hall–Kier alpha value is -2.78. The van der Waals surface area contributed by atoms with E-state index >= 15 is 0 Å². The highest BCUT2D eigenvalue weighted by Gasteiger charge is 2.21. The standard InChI is InChI=1S/C20H27N5O3S/c1-2-22-20(23-15-16-6-5-7-17(14-16)29(21,27)28)25-12-10-24(11-13-25)18-8-3-4-9-19(18)26/h3-9,14,26H,2,10-13,15H2,1H3,(H,22,23)(H2,21,27,28). The van der Waals surface area contributed by atoms with Crippen LogP contribution < -0.4 is 15.4 Å². The van der Waals surface area contributed by atoms with Gasteiger partial charge in [0.2, 0.25) is 10.0 Å². The molecule has 1 fully saturated rings. The Morgan fingerprint density at radius 2 is 1.86 bits per heavy atom. The Bertz CT molecular complexity index is 970. The lowest BCUT2D eigenvalue weighted by Crippen LogP contribution is -2.52. The number of phenolic OH excluding ortho intramolecular Hbond substituents is 1. The zero-order chi connectivity index (χ0) is 20.9. The lowest BCUT2D eigenvalue weighted by atomic mass is 10.2. The van der Waals surface area contributed by atoms with Gasteiger partial charge in [-0.1, -0.05) is 24.3 Å². The number of benzene rings is 2. The highest BCUT2D eigenvalue weighted by molar-refractivity contribution is 7.89. The second-order valence-corrected chi connectivity index (χ2v) is 8.39. The van der Waals surface area contributed by atoms with Gasteiger partial charge in [0.1, 0.15) is 5.75 Å². The summed E-state index contributed by atoms with van der Waals surface area (Å²) in [5.74, 6) is 1.07. The van der Waals surface area contributed by atoms with Crippen LogP contribution in [0.4, 0.5) is 5.69 Å². The van der Waals surface area contributed by atoms with Crippen LogP contribution in [0.2, 0.25) is 0 Å². The summed E-state index contributed by atoms with van der Waals surface area (Å²) < 4.78 is 23.1. The summed E-state index contributed by atoms with van der Waals surface area (Å²) >= 11 is 0. The van der Waals surface area contributed by atoms with Gasteiger partial charge in [-0.05, 0) is 36.8 Å². The molecule has 0 atom stereocenters. The average molecular weight is 418 g/mol. The van der Waals surface area contributed by atoms with Gasteiger partial charge in [0.25, 0.3) is 0 Å². The lowest BCUT2D eigenvalue weighted by Gasteiger charge is -2.37. The van der Waals surface area contributed by atoms with Crippen LogP contribution in [0.25, 0.3) is 0 Å². The maximum atomic E-state index is 11.5. The Morgan fingerprint density at radius 1 is 1.14 bits per heavy atom. The molecule has 156 valence electrons. The van der Waals surface area contributed by atoms with Crippen molar-refractivity contribution >= 4 is 21.7 Å². The highest BCUT2D eigenvalue weighted by atomic mass is 32.2. The molecule has 0 bridgehead atoms. The molecule has 1 aliphatic rings. The molecule has 2 aromatic rings. The molecule has 0 spiro atoms. The van der Waals surface area contributed by atoms with Crippen molar-refractivity contribution in [2.45, 2.75) is 18.4 Å². The van der Waals surface area contributed by atoms with Crippen molar-refractivity contribution in [1.82, 2.24) is 10.2 Å². The van der Waals surface area contributed by atoms with Gasteiger partial charge >= 0.3 is 0 Å². The van der Waals surface area contributed by atoms with E-state index in [4.69, 9.17) is 5.14 Å². The van der Waals surface area contributed by atoms with Gasteiger partial charge in [-0.25, -0.2) is 18.5 Å². The number of aliphatic imine (C=N–C) groups is 1. The molecule has 9 heteroatoms. The number of guanidine groups is 1. The van der Waals surface area contributed by atoms with Gasteiger partial charge in [0.05, 0.1) is 17.1 Å². The third-order valence-corrected chi connectivity index (χ3v) is 5.69. The van der Waals surface area contributed by atoms with E-state index in [1.54, 1.807) is 18.2 Å². The van der Waals surface area contributed by atoms with E-state index in [1.165, 1.54) is 6.07 Å². The number of sulfonamides is 1. The molecule has 2 aromatic carbocycles. The first kappa shape index (κ1) is 20.9. The number of nitrogens with zero attached hydrogens (tertiary/aromatic N) is 3. The van der Waals surface area contributed by atoms with Crippen molar-refractivity contribution < 1.29 is 13.5 Å². The Labute approximate surface area is 171 Å². The fourth-order valence-corrected chi connectivity index (χ4v) is 3.89. The third-order valence-electron chi connectivity index (χ3n) is 4.77. The number of phenols is 1. The minimum absolute atomic E-state index is 0.0893. The second kappa shape index (κ2) is 9.15. The van der Waals surface area contributed by atoms with Gasteiger partial charge in [-0.2, -0.15) is 0 Å². The van der Waals surface area contributed by atoms with Crippen molar-refractivity contribution in [3.05, 3.63) is 54.1 Å². The Kier molecular flexibility index (Phi) is 6.60. The minimum Gasteiger partial charge on any atom is -0.506 e. The molecule has 0 aromatic heterocycles. The molecule has 0 amide bonds. The second-order valence-electron chi connectivity index (χ2n) is 6.83. The van der Waals surface area contributed by atoms with Crippen molar-refractivity contribution in [2.24, 2.45) is 10.1 Å². The van der Waals surface area contributed by atoms with Crippen LogP contribution in [0, 0.1) is 0 Å². The van der Waals surface area contributed by atoms with Crippen LogP contribution in [0.5, 0.6) is 5.75 Å². The number of para-hydroxylation sites is 2. The third kappa shape index (κ3) is 5.39. The molecule has 1 saturated heterocycles. The van der Waals surface area contributed by atoms with Gasteiger partial charge in [0, 0.05) is 32.7 Å². The largest absolute Gasteiger partial charge is 0.506 e. The lowest BCUT2D eigenvalue weighted by molar-refractivity contribution is 0.369. The van der Waals surface area contributed by atoms with Gasteiger partial charge < -0.3 is 20.2 Å². The molecule has 29 heavy (non-hydrogen) atoms. The number of primary sulfonamides is 1. The Morgan fingerprint density at radius 3 is 2.52 bits per heavy atom. The van der Waals surface area contributed by atoms with Crippen LogP contribution in [0.15, 0.2) is 58.4 Å². The first-order chi connectivity index (χ1) is 13.9. The molecule has 3 rings (SSSR count). The molecule has 8 nitrogen and oxygen atoms in total. The normalized spacial score (nSPS) is 15.4. The fraction of sp³-hybridized carbons (Fsp3) is 0.350. The SMILES string of the molecule is CCNC(=NCc1cccc(S(N)(=O)=O)c1)N1CCN(c2ccccc2O)CC1. The topological polar surface area (TPSA) is 111 Å². The summed E-state index contributed by atoms with van der Waals surface area (Å²) in [6, 6.07) is 13.9. The number of aromatic hydroxyl groups is 1. The molecular weight excluding hydrogens is 390 g/mol. The zero-order valence-corrected chi connectivity index (χ0v) is 17.3. The van der Waals surface area contributed by atoms with E-state index in [9.17, 15) is 13.5 Å². The van der Waals surface area contributed by atoms with Crippen LogP contribution in [0.1, 0.15) is 12.5 Å². The summed E-state index contributed by atoms with van der Waals surface area (Å²) in [5.41, 5.74) is 1.62. The summed E-state index contributed by atoms with van der Waals surface area (Å²) in [4.78, 5) is 9.09. The quantitative estimate of drug-likeness (QED) is 0.500. The molecule has 1 aliphatic heterocycles. The first-order valence-corrected chi connectivity index (χ1v) is 11.1. The maximum absolute atomic E-state index is 11.5. The van der Waals surface area contributed by atoms with Crippen LogP contribution in [0.3, 0.4) is 0 Å². The summed E-state index contributed by atoms with van der Waals surface area (Å²) in [7, 11) is -3.73. The maximum Gasteiger partial charge on any atom is 0.238 e. The Balaban J connectivity index is 1.68. The van der Waals surface area contributed by atoms with E-state index in [1.807, 2.05) is 31.2 Å². The van der Waals surface area contributed by atoms with Crippen molar-refractivity contribution in [1.29, 1.82) is 0 Å². The highest BCUT2D eigenvalue weighted by Crippen LogP contribution is 2.27. The zero-order valence-electron chi connectivity index (χ0n) is 16.5. The molecule has 0 radical (unpaired) electrons. The molecular formula is C20H27N5O3S. The smallest absolute Gasteiger partial charge is 0.238 e. The first-order valence-electron chi connectivity index (χ1n) is 9.56. The number of anilines is 1. The van der Waals surface area contributed by atoms with E-state index in [2.05, 4.69) is 20.1 Å². The fourth-order valence-electron chi connectivity index (χ4n) is 3.30. The predicted molar refractivity (Wildman–Crippen MR) is 115 cm³/mol. The van der Waals surface area contributed by atoms with E-state index in [-0.39, 0.29) is 10.6 Å². The van der Waals surface area contributed by atoms with Crippen molar-refractivity contribution in [2.75, 3.05) is 37.6 Å². The number of piperazine rings is 1. The summed E-state index contributed by atoms with van der Waals surface area (Å²) in [6.07, 6.45) is 0.